The number of thiocarbonyl (C=S) groups is 1. The Labute approximate surface area is 106 Å². The molecule has 2 aromatic rings. The molecule has 0 amide bonds. The summed E-state index contributed by atoms with van der Waals surface area (Å²) in [6.07, 6.45) is 4.43. The minimum absolute atomic E-state index is 0.765. The van der Waals surface area contributed by atoms with Crippen LogP contribution in [0.2, 0.25) is 0 Å². The van der Waals surface area contributed by atoms with Gasteiger partial charge in [-0.2, -0.15) is 4.99 Å². The fourth-order valence-corrected chi connectivity index (χ4v) is 1.82. The van der Waals surface area contributed by atoms with E-state index in [1.807, 2.05) is 18.2 Å². The Kier molecular flexibility index (Phi) is 4.02. The van der Waals surface area contributed by atoms with Crippen LogP contribution in [0.3, 0.4) is 0 Å². The first-order chi connectivity index (χ1) is 8.33. The van der Waals surface area contributed by atoms with Crippen LogP contribution in [0.25, 0.3) is 11.1 Å². The first-order valence-electron chi connectivity index (χ1n) is 5.81. The third-order valence-electron chi connectivity index (χ3n) is 2.58. The van der Waals surface area contributed by atoms with Crippen LogP contribution >= 0.6 is 12.2 Å². The average molecular weight is 246 g/mol. The van der Waals surface area contributed by atoms with E-state index in [1.165, 1.54) is 12.8 Å². The van der Waals surface area contributed by atoms with Crippen molar-refractivity contribution in [3.05, 3.63) is 24.1 Å². The van der Waals surface area contributed by atoms with E-state index in [9.17, 15) is 0 Å². The highest BCUT2D eigenvalue weighted by Gasteiger charge is 2.05. The summed E-state index contributed by atoms with van der Waals surface area (Å²) in [5.41, 5.74) is 2.41. The molecule has 0 aliphatic rings. The average Bonchev–Trinajstić information content (AvgIpc) is 2.72. The minimum Gasteiger partial charge on any atom is -0.441 e. The van der Waals surface area contributed by atoms with Crippen LogP contribution in [0.5, 0.6) is 0 Å². The molecular formula is C13H14N2OS. The second-order valence-electron chi connectivity index (χ2n) is 3.92. The highest BCUT2D eigenvalue weighted by molar-refractivity contribution is 7.78. The van der Waals surface area contributed by atoms with Crippen LogP contribution in [0.4, 0.5) is 5.69 Å². The number of aromatic nitrogens is 1. The molecule has 3 nitrogen and oxygen atoms in total. The Bertz CT molecular complexity index is 556. The number of isothiocyanates is 1. The molecule has 0 spiro atoms. The van der Waals surface area contributed by atoms with Crippen molar-refractivity contribution in [2.45, 2.75) is 32.6 Å². The topological polar surface area (TPSA) is 38.4 Å². The number of nitrogens with zero attached hydrogens (tertiary/aromatic N) is 2. The van der Waals surface area contributed by atoms with Crippen LogP contribution in [-0.2, 0) is 6.42 Å². The monoisotopic (exact) mass is 246 g/mol. The molecule has 0 saturated heterocycles. The van der Waals surface area contributed by atoms with Gasteiger partial charge in [-0.3, -0.25) is 0 Å². The van der Waals surface area contributed by atoms with Crippen LogP contribution in [-0.4, -0.2) is 10.1 Å². The Balaban J connectivity index is 2.21. The first kappa shape index (κ1) is 12.0. The summed E-state index contributed by atoms with van der Waals surface area (Å²) in [7, 11) is 0. The molecule has 1 aromatic heterocycles. The van der Waals surface area contributed by atoms with Gasteiger partial charge in [-0.1, -0.05) is 19.8 Å². The molecule has 0 bridgehead atoms. The van der Waals surface area contributed by atoms with Crippen molar-refractivity contribution in [2.24, 2.45) is 4.99 Å². The maximum Gasteiger partial charge on any atom is 0.195 e. The Hall–Kier alpha value is -1.51. The molecule has 2 rings (SSSR count). The summed E-state index contributed by atoms with van der Waals surface area (Å²) in [5.74, 6) is 0.803. The van der Waals surface area contributed by atoms with Crippen LogP contribution in [0.1, 0.15) is 32.1 Å². The Morgan fingerprint density at radius 1 is 1.41 bits per heavy atom. The summed E-state index contributed by atoms with van der Waals surface area (Å²) in [6, 6.07) is 5.58. The number of oxazole rings is 1. The molecule has 0 aliphatic carbocycles. The number of rotatable bonds is 5. The van der Waals surface area contributed by atoms with E-state index in [2.05, 4.69) is 34.3 Å². The van der Waals surface area contributed by atoms with E-state index in [0.29, 0.717) is 0 Å². The lowest BCUT2D eigenvalue weighted by Crippen LogP contribution is -1.84. The van der Waals surface area contributed by atoms with Crippen molar-refractivity contribution in [1.29, 1.82) is 0 Å². The van der Waals surface area contributed by atoms with Crippen molar-refractivity contribution in [3.8, 4) is 0 Å². The van der Waals surface area contributed by atoms with Gasteiger partial charge in [-0.05, 0) is 36.8 Å². The minimum atomic E-state index is 0.765. The van der Waals surface area contributed by atoms with E-state index in [0.717, 1.165) is 35.5 Å². The lowest BCUT2D eigenvalue weighted by molar-refractivity contribution is 0.513. The highest BCUT2D eigenvalue weighted by Crippen LogP contribution is 2.22. The number of benzene rings is 1. The van der Waals surface area contributed by atoms with Crippen LogP contribution in [0, 0.1) is 0 Å². The van der Waals surface area contributed by atoms with Gasteiger partial charge in [0, 0.05) is 6.42 Å². The quantitative estimate of drug-likeness (QED) is 0.448. The number of aryl methyl sites for hydroxylation is 1. The molecule has 1 heterocycles. The molecular weight excluding hydrogens is 232 g/mol. The fourth-order valence-electron chi connectivity index (χ4n) is 1.72. The highest BCUT2D eigenvalue weighted by atomic mass is 32.1. The zero-order valence-corrected chi connectivity index (χ0v) is 10.6. The van der Waals surface area contributed by atoms with Crippen molar-refractivity contribution >= 4 is 34.2 Å². The van der Waals surface area contributed by atoms with E-state index in [1.54, 1.807) is 0 Å². The molecule has 0 saturated carbocycles. The second kappa shape index (κ2) is 5.71. The standard InChI is InChI=1S/C13H14N2OS/c1-2-3-4-5-13-15-11-8-10(14-9-17)6-7-12(11)16-13/h6-8H,2-5H2,1H3. The van der Waals surface area contributed by atoms with E-state index in [-0.39, 0.29) is 0 Å². The zero-order chi connectivity index (χ0) is 12.1. The van der Waals surface area contributed by atoms with Crippen LogP contribution < -0.4 is 0 Å². The lowest BCUT2D eigenvalue weighted by atomic mass is 10.2. The van der Waals surface area contributed by atoms with Gasteiger partial charge in [0.2, 0.25) is 0 Å². The van der Waals surface area contributed by atoms with Crippen molar-refractivity contribution in [3.63, 3.8) is 0 Å². The second-order valence-corrected chi connectivity index (χ2v) is 4.10. The molecule has 88 valence electrons. The van der Waals surface area contributed by atoms with Crippen molar-refractivity contribution < 1.29 is 4.42 Å². The molecule has 0 atom stereocenters. The van der Waals surface area contributed by atoms with Gasteiger partial charge in [-0.25, -0.2) is 4.98 Å². The van der Waals surface area contributed by atoms with E-state index >= 15 is 0 Å². The number of aliphatic imine (C=N–C) groups is 1. The van der Waals surface area contributed by atoms with Gasteiger partial charge < -0.3 is 4.42 Å². The van der Waals surface area contributed by atoms with Gasteiger partial charge in [-0.15, -0.1) is 0 Å². The molecule has 4 heteroatoms. The number of unbranched alkanes of at least 4 members (excludes halogenated alkanes) is 2. The van der Waals surface area contributed by atoms with Crippen LogP contribution in [0.15, 0.2) is 27.6 Å². The van der Waals surface area contributed by atoms with Gasteiger partial charge in [0.15, 0.2) is 11.5 Å². The Morgan fingerprint density at radius 2 is 2.29 bits per heavy atom. The summed E-state index contributed by atoms with van der Waals surface area (Å²) in [5, 5.41) is 2.35. The number of fused-ring (bicyclic) bond motifs is 1. The smallest absolute Gasteiger partial charge is 0.195 e. The van der Waals surface area contributed by atoms with Gasteiger partial charge in [0.25, 0.3) is 0 Å². The van der Waals surface area contributed by atoms with Gasteiger partial charge >= 0.3 is 0 Å². The molecule has 1 aromatic carbocycles. The molecule has 0 fully saturated rings. The third-order valence-corrected chi connectivity index (χ3v) is 2.68. The molecule has 0 aliphatic heterocycles. The summed E-state index contributed by atoms with van der Waals surface area (Å²) in [4.78, 5) is 8.36. The predicted octanol–water partition coefficient (Wildman–Crippen LogP) is 4.29. The molecule has 0 radical (unpaired) electrons. The molecule has 0 unspecified atom stereocenters. The zero-order valence-electron chi connectivity index (χ0n) is 9.77. The first-order valence-corrected chi connectivity index (χ1v) is 6.21. The maximum absolute atomic E-state index is 5.65. The SMILES string of the molecule is CCCCCc1nc2cc(N=C=S)ccc2o1. The Morgan fingerprint density at radius 3 is 3.06 bits per heavy atom. The molecule has 0 N–H and O–H groups in total. The summed E-state index contributed by atoms with van der Waals surface area (Å²) >= 11 is 4.57. The van der Waals surface area contributed by atoms with E-state index in [4.69, 9.17) is 4.42 Å². The summed E-state index contributed by atoms with van der Waals surface area (Å²) < 4.78 is 5.65. The largest absolute Gasteiger partial charge is 0.441 e. The third kappa shape index (κ3) is 2.99. The van der Waals surface area contributed by atoms with Crippen molar-refractivity contribution in [2.75, 3.05) is 0 Å². The predicted molar refractivity (Wildman–Crippen MR) is 71.9 cm³/mol. The maximum atomic E-state index is 5.65. The fraction of sp³-hybridized carbons (Fsp3) is 0.385. The normalized spacial score (nSPS) is 10.4. The van der Waals surface area contributed by atoms with Gasteiger partial charge in [0.05, 0.1) is 10.8 Å². The van der Waals surface area contributed by atoms with Gasteiger partial charge in [0.1, 0.15) is 5.52 Å². The summed E-state index contributed by atoms with van der Waals surface area (Å²) in [6.45, 7) is 2.18. The van der Waals surface area contributed by atoms with E-state index < -0.39 is 0 Å². The van der Waals surface area contributed by atoms with Crippen molar-refractivity contribution in [1.82, 2.24) is 4.98 Å². The number of hydrogen-bond acceptors (Lipinski definition) is 4. The lowest BCUT2D eigenvalue weighted by Gasteiger charge is -1.92. The molecule has 17 heavy (non-hydrogen) atoms. The number of hydrogen-bond donors (Lipinski definition) is 0.